The van der Waals surface area contributed by atoms with E-state index in [0.29, 0.717) is 0 Å². The van der Waals surface area contributed by atoms with E-state index in [4.69, 9.17) is 5.11 Å². The summed E-state index contributed by atoms with van der Waals surface area (Å²) in [4.78, 5) is -2.30. The number of benzene rings is 1. The molecule has 1 aromatic rings. The van der Waals surface area contributed by atoms with Gasteiger partial charge in [0.25, 0.3) is 0 Å². The molecule has 0 aliphatic rings. The second-order valence-electron chi connectivity index (χ2n) is 2.39. The molecule has 0 aliphatic carbocycles. The van der Waals surface area contributed by atoms with E-state index in [1.807, 2.05) is 0 Å². The molecule has 4 nitrogen and oxygen atoms in total. The van der Waals surface area contributed by atoms with Crippen LogP contribution in [0.5, 0.6) is 5.75 Å². The summed E-state index contributed by atoms with van der Waals surface area (Å²) < 4.78 is 81.1. The fourth-order valence-corrected chi connectivity index (χ4v) is 1.44. The van der Waals surface area contributed by atoms with Crippen molar-refractivity contribution in [1.82, 2.24) is 0 Å². The molecule has 0 atom stereocenters. The van der Waals surface area contributed by atoms with Gasteiger partial charge in [-0.05, 0) is 0 Å². The Morgan fingerprint density at radius 3 is 1.47 bits per heavy atom. The van der Waals surface area contributed by atoms with Crippen LogP contribution in [0.2, 0.25) is 0 Å². The summed E-state index contributed by atoms with van der Waals surface area (Å²) in [6.45, 7) is 0. The van der Waals surface area contributed by atoms with Crippen LogP contribution in [0, 0.1) is 23.3 Å². The van der Waals surface area contributed by atoms with Crippen molar-refractivity contribution in [3.8, 4) is 5.75 Å². The van der Waals surface area contributed by atoms with Crippen LogP contribution in [-0.4, -0.2) is 13.5 Å². The molecule has 83 valence electrons. The van der Waals surface area contributed by atoms with Crippen molar-refractivity contribution in [2.45, 2.75) is 4.90 Å². The van der Waals surface area contributed by atoms with E-state index in [2.05, 4.69) is 0 Å². The lowest BCUT2D eigenvalue weighted by Crippen LogP contribution is -2.08. The van der Waals surface area contributed by atoms with Crippen LogP contribution in [0.25, 0.3) is 0 Å². The zero-order chi connectivity index (χ0) is 12.0. The number of aromatic hydroxyl groups is 1. The summed E-state index contributed by atoms with van der Waals surface area (Å²) in [5, 5.41) is 8.43. The van der Waals surface area contributed by atoms with Crippen LogP contribution < -0.4 is 0 Å². The van der Waals surface area contributed by atoms with Crippen LogP contribution in [0.3, 0.4) is 0 Å². The second kappa shape index (κ2) is 3.35. The van der Waals surface area contributed by atoms with Gasteiger partial charge in [-0.1, -0.05) is 4.55 Å². The zero-order valence-corrected chi connectivity index (χ0v) is 7.41. The maximum Gasteiger partial charge on any atom is 0.330 e. The third-order valence-electron chi connectivity index (χ3n) is 1.45. The van der Waals surface area contributed by atoms with Gasteiger partial charge in [0.2, 0.25) is 11.6 Å². The molecule has 0 aromatic heterocycles. The van der Waals surface area contributed by atoms with Gasteiger partial charge in [0.1, 0.15) is 0 Å². The predicted molar refractivity (Wildman–Crippen MR) is 35.8 cm³/mol. The summed E-state index contributed by atoms with van der Waals surface area (Å²) in [7, 11) is -5.72. The number of hydrogen-bond donors (Lipinski definition) is 1. The first kappa shape index (κ1) is 11.7. The highest BCUT2D eigenvalue weighted by atomic mass is 32.2. The molecule has 1 aromatic carbocycles. The molecule has 9 heteroatoms. The molecule has 1 radical (unpaired) electrons. The molecular weight excluding hydrogens is 244 g/mol. The Hall–Kier alpha value is -1.35. The van der Waals surface area contributed by atoms with E-state index in [0.717, 1.165) is 0 Å². The van der Waals surface area contributed by atoms with Crippen LogP contribution >= 0.6 is 0 Å². The molecule has 0 heterocycles. The van der Waals surface area contributed by atoms with E-state index in [9.17, 15) is 30.5 Å². The molecule has 0 saturated carbocycles. The van der Waals surface area contributed by atoms with Crippen molar-refractivity contribution in [2.24, 2.45) is 0 Å². The van der Waals surface area contributed by atoms with Crippen molar-refractivity contribution < 1.29 is 35.6 Å². The third kappa shape index (κ3) is 1.75. The summed E-state index contributed by atoms with van der Waals surface area (Å²) in [6, 6.07) is 0. The second-order valence-corrected chi connectivity index (χ2v) is 3.70. The lowest BCUT2D eigenvalue weighted by molar-refractivity contribution is 0.334. The maximum atomic E-state index is 12.7. The molecule has 0 aliphatic heterocycles. The molecule has 0 amide bonds. The topological polar surface area (TPSA) is 74.3 Å². The minimum Gasteiger partial charge on any atom is -0.503 e. The first-order valence-corrected chi connectivity index (χ1v) is 4.59. The van der Waals surface area contributed by atoms with Crippen molar-refractivity contribution in [1.29, 1.82) is 0 Å². The Morgan fingerprint density at radius 1 is 0.867 bits per heavy atom. The minimum atomic E-state index is -5.72. The summed E-state index contributed by atoms with van der Waals surface area (Å²) >= 11 is 0. The van der Waals surface area contributed by atoms with Gasteiger partial charge in [0.05, 0.1) is 0 Å². The molecule has 0 fully saturated rings. The molecule has 0 bridgehead atoms. The zero-order valence-electron chi connectivity index (χ0n) is 6.59. The van der Waals surface area contributed by atoms with Crippen molar-refractivity contribution in [2.75, 3.05) is 0 Å². The number of rotatable bonds is 1. The van der Waals surface area contributed by atoms with Crippen LogP contribution in [0.4, 0.5) is 17.6 Å². The van der Waals surface area contributed by atoms with Crippen LogP contribution in [-0.2, 0) is 14.7 Å². The first-order valence-electron chi connectivity index (χ1n) is 3.18. The number of halogens is 4. The van der Waals surface area contributed by atoms with Crippen molar-refractivity contribution in [3.05, 3.63) is 23.3 Å². The molecular formula is C6HF4O4S. The number of hydrogen-bond acceptors (Lipinski definition) is 3. The van der Waals surface area contributed by atoms with Gasteiger partial charge in [-0.2, -0.15) is 17.2 Å². The number of phenols is 1. The number of phenolic OH excluding ortho intramolecular Hbond substituents is 1. The molecule has 1 rings (SSSR count). The first-order chi connectivity index (χ1) is 6.68. The van der Waals surface area contributed by atoms with E-state index in [-0.39, 0.29) is 0 Å². The van der Waals surface area contributed by atoms with Crippen LogP contribution in [0.15, 0.2) is 4.90 Å². The Labute approximate surface area is 80.5 Å². The van der Waals surface area contributed by atoms with E-state index in [1.165, 1.54) is 0 Å². The smallest absolute Gasteiger partial charge is 0.330 e. The summed E-state index contributed by atoms with van der Waals surface area (Å²) in [6.07, 6.45) is 0. The summed E-state index contributed by atoms with van der Waals surface area (Å²) in [5.41, 5.74) is 0. The van der Waals surface area contributed by atoms with Gasteiger partial charge in [0, 0.05) is 0 Å². The lowest BCUT2D eigenvalue weighted by atomic mass is 10.3. The van der Waals surface area contributed by atoms with Gasteiger partial charge in [0.15, 0.2) is 22.3 Å². The lowest BCUT2D eigenvalue weighted by Gasteiger charge is -2.04. The highest BCUT2D eigenvalue weighted by molar-refractivity contribution is 7.85. The van der Waals surface area contributed by atoms with E-state index < -0.39 is 44.0 Å². The van der Waals surface area contributed by atoms with Gasteiger partial charge < -0.3 is 5.11 Å². The average Bonchev–Trinajstić information content (AvgIpc) is 2.09. The Kier molecular flexibility index (Phi) is 2.62. The molecule has 0 spiro atoms. The van der Waals surface area contributed by atoms with Gasteiger partial charge in [-0.3, -0.25) is 0 Å². The largest absolute Gasteiger partial charge is 0.503 e. The Balaban J connectivity index is 3.84. The molecule has 0 saturated heterocycles. The van der Waals surface area contributed by atoms with E-state index in [1.54, 1.807) is 0 Å². The molecule has 1 N–H and O–H groups in total. The minimum absolute atomic E-state index is 2.03. The van der Waals surface area contributed by atoms with E-state index >= 15 is 0 Å². The maximum absolute atomic E-state index is 12.7. The molecule has 0 unspecified atom stereocenters. The molecule has 15 heavy (non-hydrogen) atoms. The van der Waals surface area contributed by atoms with Crippen molar-refractivity contribution >= 4 is 10.1 Å². The quantitative estimate of drug-likeness (QED) is 0.594. The van der Waals surface area contributed by atoms with Gasteiger partial charge in [-0.25, -0.2) is 8.78 Å². The Morgan fingerprint density at radius 2 is 1.20 bits per heavy atom. The van der Waals surface area contributed by atoms with Gasteiger partial charge in [-0.15, -0.1) is 0 Å². The summed E-state index contributed by atoms with van der Waals surface area (Å²) in [5.74, 6) is -11.6. The normalized spacial score (nSPS) is 11.8. The fourth-order valence-electron chi connectivity index (χ4n) is 0.819. The highest BCUT2D eigenvalue weighted by Gasteiger charge is 2.32. The fraction of sp³-hybridized carbons (Fsp3) is 0. The van der Waals surface area contributed by atoms with Crippen molar-refractivity contribution in [3.63, 3.8) is 0 Å². The Bertz CT molecular complexity index is 495. The van der Waals surface area contributed by atoms with Crippen LogP contribution in [0.1, 0.15) is 0 Å². The standard InChI is InChI=1S/C6HF4O4S/c7-1-3(9)6(15(12,13)14)4(10)2(8)5(1)11/h11H. The SMILES string of the molecule is [O]S(=O)(=O)c1c(F)c(F)c(O)c(F)c1F. The average molecular weight is 245 g/mol. The third-order valence-corrected chi connectivity index (χ3v) is 2.31. The van der Waals surface area contributed by atoms with Gasteiger partial charge >= 0.3 is 10.1 Å². The predicted octanol–water partition coefficient (Wildman–Crippen LogP) is 1.07. The monoisotopic (exact) mass is 245 g/mol. The highest BCUT2D eigenvalue weighted by Crippen LogP contribution is 2.31.